The summed E-state index contributed by atoms with van der Waals surface area (Å²) in [5.41, 5.74) is 8.41. The van der Waals surface area contributed by atoms with Crippen molar-refractivity contribution in [2.75, 3.05) is 6.61 Å². The van der Waals surface area contributed by atoms with Crippen molar-refractivity contribution >= 4 is 0 Å². The molecule has 0 radical (unpaired) electrons. The first-order valence-electron chi connectivity index (χ1n) is 6.80. The highest BCUT2D eigenvalue weighted by atomic mass is 16.5. The van der Waals surface area contributed by atoms with Crippen molar-refractivity contribution in [1.82, 2.24) is 0 Å². The largest absolute Gasteiger partial charge is 0.493 e. The van der Waals surface area contributed by atoms with Crippen molar-refractivity contribution in [3.8, 4) is 5.75 Å². The smallest absolute Gasteiger partial charge is 0.123 e. The Morgan fingerprint density at radius 1 is 1.28 bits per heavy atom. The van der Waals surface area contributed by atoms with Gasteiger partial charge in [0.05, 0.1) is 6.61 Å². The maximum Gasteiger partial charge on any atom is 0.123 e. The summed E-state index contributed by atoms with van der Waals surface area (Å²) in [6, 6.07) is 6.67. The van der Waals surface area contributed by atoms with Gasteiger partial charge in [0.25, 0.3) is 0 Å². The predicted octanol–water partition coefficient (Wildman–Crippen LogP) is 3.80. The standard InChI is InChI=1S/C16H27NO/c1-12-8-9-15(14(11-12)16(3,4)5)18-10-6-7-13(2)17/h8-9,11,13H,6-7,10,17H2,1-5H3. The number of benzene rings is 1. The van der Waals surface area contributed by atoms with E-state index >= 15 is 0 Å². The van der Waals surface area contributed by atoms with Gasteiger partial charge < -0.3 is 10.5 Å². The summed E-state index contributed by atoms with van der Waals surface area (Å²) < 4.78 is 5.91. The fourth-order valence-electron chi connectivity index (χ4n) is 1.94. The van der Waals surface area contributed by atoms with Crippen LogP contribution in [0, 0.1) is 6.92 Å². The average molecular weight is 249 g/mol. The molecular formula is C16H27NO. The molecule has 0 heterocycles. The van der Waals surface area contributed by atoms with Crippen LogP contribution in [0.1, 0.15) is 51.7 Å². The van der Waals surface area contributed by atoms with Gasteiger partial charge in [0.1, 0.15) is 5.75 Å². The lowest BCUT2D eigenvalue weighted by Crippen LogP contribution is -2.17. The normalized spacial score (nSPS) is 13.4. The van der Waals surface area contributed by atoms with E-state index in [1.165, 1.54) is 11.1 Å². The maximum absolute atomic E-state index is 5.91. The fourth-order valence-corrected chi connectivity index (χ4v) is 1.94. The van der Waals surface area contributed by atoms with Crippen LogP contribution in [0.2, 0.25) is 0 Å². The van der Waals surface area contributed by atoms with Gasteiger partial charge in [0, 0.05) is 6.04 Å². The molecule has 1 unspecified atom stereocenters. The summed E-state index contributed by atoms with van der Waals surface area (Å²) in [6.45, 7) is 11.6. The summed E-state index contributed by atoms with van der Waals surface area (Å²) in [6.07, 6.45) is 2.02. The first kappa shape index (κ1) is 15.0. The zero-order valence-electron chi connectivity index (χ0n) is 12.4. The minimum Gasteiger partial charge on any atom is -0.493 e. The number of ether oxygens (including phenoxy) is 1. The maximum atomic E-state index is 5.91. The van der Waals surface area contributed by atoms with Crippen LogP contribution in [0.4, 0.5) is 0 Å². The fraction of sp³-hybridized carbons (Fsp3) is 0.625. The van der Waals surface area contributed by atoms with Gasteiger partial charge in [-0.1, -0.05) is 38.5 Å². The van der Waals surface area contributed by atoms with Gasteiger partial charge in [-0.15, -0.1) is 0 Å². The van der Waals surface area contributed by atoms with E-state index in [4.69, 9.17) is 10.5 Å². The van der Waals surface area contributed by atoms with Crippen molar-refractivity contribution in [1.29, 1.82) is 0 Å². The predicted molar refractivity (Wildman–Crippen MR) is 78.3 cm³/mol. The Hall–Kier alpha value is -1.02. The minimum atomic E-state index is 0.114. The first-order chi connectivity index (χ1) is 8.30. The molecule has 0 aliphatic rings. The summed E-state index contributed by atoms with van der Waals surface area (Å²) in [5, 5.41) is 0. The Balaban J connectivity index is 2.70. The Kier molecular flexibility index (Phi) is 5.21. The van der Waals surface area contributed by atoms with Crippen molar-refractivity contribution < 1.29 is 4.74 Å². The van der Waals surface area contributed by atoms with Crippen LogP contribution in [-0.4, -0.2) is 12.6 Å². The molecular weight excluding hydrogens is 222 g/mol. The van der Waals surface area contributed by atoms with Gasteiger partial charge >= 0.3 is 0 Å². The number of hydrogen-bond acceptors (Lipinski definition) is 2. The average Bonchev–Trinajstić information content (AvgIpc) is 2.24. The molecule has 2 N–H and O–H groups in total. The molecule has 1 atom stereocenters. The lowest BCUT2D eigenvalue weighted by atomic mass is 9.85. The number of nitrogens with two attached hydrogens (primary N) is 1. The van der Waals surface area contributed by atoms with E-state index in [1.54, 1.807) is 0 Å². The van der Waals surface area contributed by atoms with Gasteiger partial charge in [-0.05, 0) is 43.7 Å². The van der Waals surface area contributed by atoms with Crippen molar-refractivity contribution in [3.05, 3.63) is 29.3 Å². The van der Waals surface area contributed by atoms with E-state index in [-0.39, 0.29) is 11.5 Å². The molecule has 1 aromatic rings. The molecule has 18 heavy (non-hydrogen) atoms. The molecule has 0 bridgehead atoms. The molecule has 102 valence electrons. The Morgan fingerprint density at radius 2 is 1.94 bits per heavy atom. The van der Waals surface area contributed by atoms with Crippen LogP contribution < -0.4 is 10.5 Å². The van der Waals surface area contributed by atoms with E-state index in [1.807, 2.05) is 6.92 Å². The Bertz CT molecular complexity index is 377. The van der Waals surface area contributed by atoms with Crippen molar-refractivity contribution in [3.63, 3.8) is 0 Å². The molecule has 0 fully saturated rings. The topological polar surface area (TPSA) is 35.2 Å². The summed E-state index contributed by atoms with van der Waals surface area (Å²) in [7, 11) is 0. The minimum absolute atomic E-state index is 0.114. The molecule has 1 rings (SSSR count). The third-order valence-electron chi connectivity index (χ3n) is 3.00. The highest BCUT2D eigenvalue weighted by Crippen LogP contribution is 2.32. The monoisotopic (exact) mass is 249 g/mol. The van der Waals surface area contributed by atoms with Crippen LogP contribution in [0.3, 0.4) is 0 Å². The Morgan fingerprint density at radius 3 is 2.50 bits per heavy atom. The number of aryl methyl sites for hydroxylation is 1. The van der Waals surface area contributed by atoms with Gasteiger partial charge in [0.2, 0.25) is 0 Å². The molecule has 1 aromatic carbocycles. The second-order valence-corrected chi connectivity index (χ2v) is 6.22. The molecule has 0 aliphatic heterocycles. The summed E-state index contributed by atoms with van der Waals surface area (Å²) in [5.74, 6) is 1.01. The molecule has 2 nitrogen and oxygen atoms in total. The molecule has 0 amide bonds. The number of hydrogen-bond donors (Lipinski definition) is 1. The molecule has 0 saturated heterocycles. The van der Waals surface area contributed by atoms with Crippen LogP contribution in [0.5, 0.6) is 5.75 Å². The summed E-state index contributed by atoms with van der Waals surface area (Å²) >= 11 is 0. The van der Waals surface area contributed by atoms with Gasteiger partial charge in [-0.25, -0.2) is 0 Å². The van der Waals surface area contributed by atoms with Crippen LogP contribution in [-0.2, 0) is 5.41 Å². The van der Waals surface area contributed by atoms with Crippen molar-refractivity contribution in [2.24, 2.45) is 5.73 Å². The highest BCUT2D eigenvalue weighted by molar-refractivity contribution is 5.41. The van der Waals surface area contributed by atoms with Crippen LogP contribution in [0.15, 0.2) is 18.2 Å². The third kappa shape index (κ3) is 4.69. The molecule has 0 aromatic heterocycles. The molecule has 0 saturated carbocycles. The SMILES string of the molecule is Cc1ccc(OCCCC(C)N)c(C(C)(C)C)c1. The van der Waals surface area contributed by atoms with E-state index in [9.17, 15) is 0 Å². The summed E-state index contributed by atoms with van der Waals surface area (Å²) in [4.78, 5) is 0. The molecule has 0 aliphatic carbocycles. The molecule has 0 spiro atoms. The zero-order chi connectivity index (χ0) is 13.8. The van der Waals surface area contributed by atoms with Crippen molar-refractivity contribution in [2.45, 2.75) is 58.9 Å². The third-order valence-corrected chi connectivity index (χ3v) is 3.00. The quantitative estimate of drug-likeness (QED) is 0.806. The number of rotatable bonds is 5. The molecule has 2 heteroatoms. The van der Waals surface area contributed by atoms with Crippen LogP contribution >= 0.6 is 0 Å². The first-order valence-corrected chi connectivity index (χ1v) is 6.80. The van der Waals surface area contributed by atoms with E-state index < -0.39 is 0 Å². The second-order valence-electron chi connectivity index (χ2n) is 6.22. The van der Waals surface area contributed by atoms with Gasteiger partial charge in [-0.3, -0.25) is 0 Å². The van der Waals surface area contributed by atoms with Crippen LogP contribution in [0.25, 0.3) is 0 Å². The lowest BCUT2D eigenvalue weighted by molar-refractivity contribution is 0.295. The van der Waals surface area contributed by atoms with E-state index in [0.717, 1.165) is 25.2 Å². The van der Waals surface area contributed by atoms with E-state index in [2.05, 4.69) is 45.9 Å². The van der Waals surface area contributed by atoms with E-state index in [0.29, 0.717) is 0 Å². The Labute approximate surface area is 112 Å². The zero-order valence-corrected chi connectivity index (χ0v) is 12.4. The van der Waals surface area contributed by atoms with Gasteiger partial charge in [0.15, 0.2) is 0 Å². The second kappa shape index (κ2) is 6.24. The lowest BCUT2D eigenvalue weighted by Gasteiger charge is -2.23. The highest BCUT2D eigenvalue weighted by Gasteiger charge is 2.18. The van der Waals surface area contributed by atoms with Gasteiger partial charge in [-0.2, -0.15) is 0 Å².